The second-order valence-corrected chi connectivity index (χ2v) is 10.8. The minimum atomic E-state index is -1.19. The fraction of sp³-hybridized carbons (Fsp3) is 0.382. The first-order chi connectivity index (χ1) is 19.8. The number of ether oxygens (including phenoxy) is 2. The zero-order chi connectivity index (χ0) is 29.4. The number of aryl methyl sites for hydroxylation is 1. The molecule has 1 heterocycles. The monoisotopic (exact) mass is 591 g/mol. The highest BCUT2D eigenvalue weighted by molar-refractivity contribution is 6.05. The van der Waals surface area contributed by atoms with Gasteiger partial charge in [0.2, 0.25) is 5.91 Å². The van der Waals surface area contributed by atoms with Crippen molar-refractivity contribution < 1.29 is 19.1 Å². The number of nitrogens with one attached hydrogen (secondary N) is 1. The Morgan fingerprint density at radius 3 is 2.17 bits per heavy atom. The largest absolute Gasteiger partial charge is 0.491 e. The van der Waals surface area contributed by atoms with E-state index in [1.807, 2.05) is 78.6 Å². The Bertz CT molecular complexity index is 1330. The number of nitrogen functional groups attached to an aromatic ring is 1. The van der Waals surface area contributed by atoms with E-state index in [1.54, 1.807) is 0 Å². The quantitative estimate of drug-likeness (QED) is 0.105. The number of likely N-dealkylation sites (tertiary alicyclic amines) is 1. The molecule has 224 valence electrons. The standard InChI is InChI=1S/C34H41N3O4.ClH/c1-4-5-21-34(33(39)40-3)24(2)30(37(32(34)38)22-9-12-25-10-7-6-8-11-25)23-41-29-19-17-27(18-20-29)26-13-15-28(16-14-26)31(35)36;/h6-8,10-11,13-20,24,30H,4-5,9,12,21-23H2,1-3H3,(H3,35,36);1H/t24?,30-,34+;/m1./s1. The summed E-state index contributed by atoms with van der Waals surface area (Å²) in [6.45, 7) is 4.89. The van der Waals surface area contributed by atoms with Gasteiger partial charge in [-0.15, -0.1) is 12.4 Å². The smallest absolute Gasteiger partial charge is 0.321 e. The van der Waals surface area contributed by atoms with Crippen LogP contribution in [0.2, 0.25) is 0 Å². The molecule has 3 aromatic carbocycles. The zero-order valence-electron chi connectivity index (χ0n) is 24.7. The molecule has 0 bridgehead atoms. The summed E-state index contributed by atoms with van der Waals surface area (Å²) >= 11 is 0. The Hall–Kier alpha value is -3.84. The molecule has 3 aromatic rings. The van der Waals surface area contributed by atoms with Gasteiger partial charge < -0.3 is 20.1 Å². The van der Waals surface area contributed by atoms with Crippen molar-refractivity contribution in [2.75, 3.05) is 20.3 Å². The molecular weight excluding hydrogens is 550 g/mol. The number of benzene rings is 3. The van der Waals surface area contributed by atoms with Gasteiger partial charge in [-0.25, -0.2) is 0 Å². The van der Waals surface area contributed by atoms with Crippen LogP contribution in [0.4, 0.5) is 0 Å². The SMILES string of the molecule is CCCC[C@@]1(C(=O)OC)C(=O)N(CCCc2ccccc2)[C@H](COc2ccc(-c3ccc(C(=N)N)cc3)cc2)C1C.Cl. The maximum absolute atomic E-state index is 14.0. The summed E-state index contributed by atoms with van der Waals surface area (Å²) in [5, 5.41) is 7.58. The van der Waals surface area contributed by atoms with Crippen LogP contribution in [-0.4, -0.2) is 48.9 Å². The van der Waals surface area contributed by atoms with Gasteiger partial charge in [-0.2, -0.15) is 0 Å². The average molecular weight is 592 g/mol. The van der Waals surface area contributed by atoms with E-state index in [0.717, 1.165) is 36.8 Å². The molecule has 1 aliphatic heterocycles. The highest BCUT2D eigenvalue weighted by atomic mass is 35.5. The molecule has 1 amide bonds. The van der Waals surface area contributed by atoms with Crippen LogP contribution in [0, 0.1) is 16.7 Å². The normalized spacial score (nSPS) is 19.7. The number of amides is 1. The van der Waals surface area contributed by atoms with E-state index in [2.05, 4.69) is 19.1 Å². The van der Waals surface area contributed by atoms with Crippen molar-refractivity contribution in [3.05, 3.63) is 90.0 Å². The summed E-state index contributed by atoms with van der Waals surface area (Å²) in [7, 11) is 1.37. The maximum Gasteiger partial charge on any atom is 0.321 e. The van der Waals surface area contributed by atoms with Crippen molar-refractivity contribution in [1.29, 1.82) is 5.41 Å². The van der Waals surface area contributed by atoms with Crippen molar-refractivity contribution in [2.45, 2.75) is 52.0 Å². The molecule has 0 spiro atoms. The lowest BCUT2D eigenvalue weighted by Crippen LogP contribution is -2.44. The number of hydrogen-bond donors (Lipinski definition) is 2. The van der Waals surface area contributed by atoms with E-state index in [0.29, 0.717) is 24.3 Å². The number of unbranched alkanes of at least 4 members (excludes halogenated alkanes) is 1. The Morgan fingerprint density at radius 1 is 0.976 bits per heavy atom. The predicted molar refractivity (Wildman–Crippen MR) is 169 cm³/mol. The molecule has 3 N–H and O–H groups in total. The lowest BCUT2D eigenvalue weighted by atomic mass is 9.72. The van der Waals surface area contributed by atoms with E-state index < -0.39 is 11.4 Å². The number of halogens is 1. The molecule has 0 saturated carbocycles. The van der Waals surface area contributed by atoms with Crippen LogP contribution in [0.3, 0.4) is 0 Å². The molecule has 3 atom stereocenters. The van der Waals surface area contributed by atoms with Crippen molar-refractivity contribution in [2.24, 2.45) is 17.1 Å². The topological polar surface area (TPSA) is 106 Å². The summed E-state index contributed by atoms with van der Waals surface area (Å²) in [4.78, 5) is 29.1. The highest BCUT2D eigenvalue weighted by Gasteiger charge is 2.61. The summed E-state index contributed by atoms with van der Waals surface area (Å²) in [5.41, 5.74) is 8.32. The summed E-state index contributed by atoms with van der Waals surface area (Å²) < 4.78 is 11.5. The van der Waals surface area contributed by atoms with Crippen LogP contribution in [0.5, 0.6) is 5.75 Å². The van der Waals surface area contributed by atoms with Crippen molar-refractivity contribution in [1.82, 2.24) is 4.90 Å². The van der Waals surface area contributed by atoms with Gasteiger partial charge >= 0.3 is 5.97 Å². The van der Waals surface area contributed by atoms with E-state index in [9.17, 15) is 9.59 Å². The molecule has 42 heavy (non-hydrogen) atoms. The van der Waals surface area contributed by atoms with E-state index in [-0.39, 0.29) is 42.7 Å². The second kappa shape index (κ2) is 14.9. The first-order valence-electron chi connectivity index (χ1n) is 14.4. The Kier molecular flexibility index (Phi) is 11.6. The summed E-state index contributed by atoms with van der Waals surface area (Å²) in [5.74, 6) is -0.109. The van der Waals surface area contributed by atoms with E-state index in [4.69, 9.17) is 20.6 Å². The minimum absolute atomic E-state index is 0. The van der Waals surface area contributed by atoms with Crippen molar-refractivity contribution in [3.8, 4) is 16.9 Å². The van der Waals surface area contributed by atoms with Gasteiger partial charge in [0.25, 0.3) is 0 Å². The Morgan fingerprint density at radius 2 is 1.60 bits per heavy atom. The minimum Gasteiger partial charge on any atom is -0.491 e. The number of hydrogen-bond acceptors (Lipinski definition) is 5. The fourth-order valence-corrected chi connectivity index (χ4v) is 5.91. The van der Waals surface area contributed by atoms with Crippen LogP contribution < -0.4 is 10.5 Å². The third-order valence-corrected chi connectivity index (χ3v) is 8.38. The highest BCUT2D eigenvalue weighted by Crippen LogP contribution is 2.46. The lowest BCUT2D eigenvalue weighted by Gasteiger charge is -2.29. The molecule has 1 saturated heterocycles. The molecule has 0 aromatic heterocycles. The van der Waals surface area contributed by atoms with Gasteiger partial charge in [0.15, 0.2) is 5.41 Å². The van der Waals surface area contributed by atoms with Gasteiger partial charge in [-0.3, -0.25) is 15.0 Å². The fourth-order valence-electron chi connectivity index (χ4n) is 5.91. The number of amidine groups is 1. The molecule has 1 aliphatic rings. The third kappa shape index (κ3) is 6.96. The Balaban J connectivity index is 0.00000484. The second-order valence-electron chi connectivity index (χ2n) is 10.8. The zero-order valence-corrected chi connectivity index (χ0v) is 25.5. The molecule has 1 unspecified atom stereocenters. The van der Waals surface area contributed by atoms with Crippen LogP contribution in [0.25, 0.3) is 11.1 Å². The number of carbonyl (C=O) groups is 2. The first-order valence-corrected chi connectivity index (χ1v) is 14.4. The van der Waals surface area contributed by atoms with Gasteiger partial charge in [-0.1, -0.05) is 93.4 Å². The number of nitrogens with zero attached hydrogens (tertiary/aromatic N) is 1. The van der Waals surface area contributed by atoms with Crippen LogP contribution in [0.15, 0.2) is 78.9 Å². The summed E-state index contributed by atoms with van der Waals surface area (Å²) in [6, 6.07) is 25.3. The number of rotatable bonds is 13. The first kappa shape index (κ1) is 32.7. The van der Waals surface area contributed by atoms with Crippen molar-refractivity contribution >= 4 is 30.1 Å². The van der Waals surface area contributed by atoms with Crippen LogP contribution >= 0.6 is 12.4 Å². The number of esters is 1. The predicted octanol–water partition coefficient (Wildman–Crippen LogP) is 6.27. The third-order valence-electron chi connectivity index (χ3n) is 8.38. The molecule has 0 radical (unpaired) electrons. The average Bonchev–Trinajstić information content (AvgIpc) is 3.20. The lowest BCUT2D eigenvalue weighted by molar-refractivity contribution is -0.161. The Labute approximate surface area is 255 Å². The van der Waals surface area contributed by atoms with Gasteiger partial charge in [0.05, 0.1) is 13.2 Å². The van der Waals surface area contributed by atoms with E-state index in [1.165, 1.54) is 12.7 Å². The maximum atomic E-state index is 14.0. The van der Waals surface area contributed by atoms with Crippen LogP contribution in [-0.2, 0) is 20.7 Å². The number of methoxy groups -OCH3 is 1. The van der Waals surface area contributed by atoms with Crippen molar-refractivity contribution in [3.63, 3.8) is 0 Å². The molecule has 0 aliphatic carbocycles. The number of nitrogens with two attached hydrogens (primary N) is 1. The van der Waals surface area contributed by atoms with E-state index >= 15 is 0 Å². The number of carbonyl (C=O) groups excluding carboxylic acids is 2. The molecular formula is C34H42ClN3O4. The molecule has 4 rings (SSSR count). The molecule has 7 nitrogen and oxygen atoms in total. The summed E-state index contributed by atoms with van der Waals surface area (Å²) in [6.07, 6.45) is 3.77. The van der Waals surface area contributed by atoms with Crippen LogP contribution in [0.1, 0.15) is 50.7 Å². The molecule has 8 heteroatoms. The van der Waals surface area contributed by atoms with Gasteiger partial charge in [0, 0.05) is 18.0 Å². The molecule has 1 fully saturated rings. The van der Waals surface area contributed by atoms with Gasteiger partial charge in [0.1, 0.15) is 18.2 Å². The van der Waals surface area contributed by atoms with Gasteiger partial charge in [-0.05, 0) is 48.1 Å².